The minimum Gasteiger partial charge on any atom is -0.466 e. The van der Waals surface area contributed by atoms with Crippen molar-refractivity contribution in [3.63, 3.8) is 0 Å². The van der Waals surface area contributed by atoms with Crippen molar-refractivity contribution in [1.82, 2.24) is 9.21 Å². The lowest BCUT2D eigenvalue weighted by atomic mass is 10.3. The summed E-state index contributed by atoms with van der Waals surface area (Å²) in [7, 11) is -2.47. The lowest BCUT2D eigenvalue weighted by molar-refractivity contribution is -0.135. The van der Waals surface area contributed by atoms with Gasteiger partial charge in [-0.15, -0.1) is 0 Å². The van der Waals surface area contributed by atoms with Crippen LogP contribution in [0, 0.1) is 0 Å². The maximum atomic E-state index is 12.8. The van der Waals surface area contributed by atoms with Crippen LogP contribution in [-0.4, -0.2) is 67.4 Å². The predicted molar refractivity (Wildman–Crippen MR) is 117 cm³/mol. The van der Waals surface area contributed by atoms with Gasteiger partial charge in [-0.25, -0.2) is 13.2 Å². The predicted octanol–water partition coefficient (Wildman–Crippen LogP) is 2.04. The number of hydrogen-bond acceptors (Lipinski definition) is 7. The highest BCUT2D eigenvalue weighted by Gasteiger charge is 2.35. The Balaban J connectivity index is 1.78. The van der Waals surface area contributed by atoms with E-state index in [1.807, 2.05) is 0 Å². The number of nitrogens with one attached hydrogen (secondary N) is 1. The van der Waals surface area contributed by atoms with Gasteiger partial charge < -0.3 is 10.1 Å². The molecule has 2 amide bonds. The van der Waals surface area contributed by atoms with Crippen LogP contribution in [0.5, 0.6) is 0 Å². The van der Waals surface area contributed by atoms with E-state index in [4.69, 9.17) is 11.6 Å². The van der Waals surface area contributed by atoms with E-state index in [0.29, 0.717) is 18.1 Å². The number of carbonyl (C=O) groups excluding carboxylic acids is 3. The molecule has 2 saturated heterocycles. The van der Waals surface area contributed by atoms with E-state index in [-0.39, 0.29) is 28.1 Å². The van der Waals surface area contributed by atoms with Crippen LogP contribution in [0.25, 0.3) is 0 Å². The number of methoxy groups -OCH3 is 1. The van der Waals surface area contributed by atoms with Gasteiger partial charge in [-0.3, -0.25) is 14.5 Å². The van der Waals surface area contributed by atoms with E-state index in [9.17, 15) is 22.8 Å². The molecule has 2 aliphatic heterocycles. The zero-order valence-electron chi connectivity index (χ0n) is 17.0. The quantitative estimate of drug-likeness (QED) is 0.482. The van der Waals surface area contributed by atoms with Crippen molar-refractivity contribution in [3.05, 3.63) is 34.3 Å². The van der Waals surface area contributed by atoms with Crippen molar-refractivity contribution < 1.29 is 27.5 Å². The Morgan fingerprint density at radius 1 is 1.32 bits per heavy atom. The molecule has 0 aromatic heterocycles. The Bertz CT molecular complexity index is 1040. The summed E-state index contributed by atoms with van der Waals surface area (Å²) in [5.41, 5.74) is 0.123. The average Bonchev–Trinajstić information content (AvgIpc) is 3.35. The standard InChI is InChI=1S/C19H22ClN3O6S2/c1-12-19(26)23(17(30-12)10-18(25)29-2)11-16(24)21-15-9-13(5-6-14(15)20)31(27,28)22-7-3-4-8-22/h5-6,9-10,12H,3-4,7-8,11H2,1-2H3,(H,21,24). The highest BCUT2D eigenvalue weighted by Crippen LogP contribution is 2.35. The monoisotopic (exact) mass is 487 g/mol. The maximum Gasteiger partial charge on any atom is 0.333 e. The Labute approximate surface area is 189 Å². The van der Waals surface area contributed by atoms with Crippen molar-refractivity contribution in [1.29, 1.82) is 0 Å². The first-order valence-electron chi connectivity index (χ1n) is 9.50. The van der Waals surface area contributed by atoms with E-state index >= 15 is 0 Å². The number of hydrogen-bond donors (Lipinski definition) is 1. The van der Waals surface area contributed by atoms with Gasteiger partial charge in [-0.2, -0.15) is 4.31 Å². The molecule has 2 aliphatic rings. The number of halogens is 1. The first-order chi connectivity index (χ1) is 14.6. The van der Waals surface area contributed by atoms with Crippen LogP contribution >= 0.6 is 23.4 Å². The average molecular weight is 488 g/mol. The molecule has 1 atom stereocenters. The molecule has 31 heavy (non-hydrogen) atoms. The fourth-order valence-corrected chi connectivity index (χ4v) is 5.97. The summed E-state index contributed by atoms with van der Waals surface area (Å²) in [5.74, 6) is -1.55. The molecule has 2 heterocycles. The van der Waals surface area contributed by atoms with Crippen molar-refractivity contribution in [3.8, 4) is 0 Å². The molecule has 12 heteroatoms. The fraction of sp³-hybridized carbons (Fsp3) is 0.421. The van der Waals surface area contributed by atoms with Gasteiger partial charge >= 0.3 is 5.97 Å². The first-order valence-corrected chi connectivity index (χ1v) is 12.2. The van der Waals surface area contributed by atoms with Crippen LogP contribution < -0.4 is 5.32 Å². The normalized spacial score (nSPS) is 21.0. The number of thioether (sulfide) groups is 1. The number of amides is 2. The molecule has 0 spiro atoms. The van der Waals surface area contributed by atoms with Gasteiger partial charge in [-0.1, -0.05) is 23.4 Å². The molecular formula is C19H22ClN3O6S2. The third-order valence-corrected chi connectivity index (χ3v) is 8.20. The molecule has 1 unspecified atom stereocenters. The lowest BCUT2D eigenvalue weighted by Gasteiger charge is -2.18. The fourth-order valence-electron chi connectivity index (χ4n) is 3.22. The summed E-state index contributed by atoms with van der Waals surface area (Å²) in [4.78, 5) is 37.8. The highest BCUT2D eigenvalue weighted by molar-refractivity contribution is 8.04. The Hall–Kier alpha value is -2.08. The third kappa shape index (κ3) is 5.22. The van der Waals surface area contributed by atoms with Gasteiger partial charge in [0.05, 0.1) is 39.1 Å². The van der Waals surface area contributed by atoms with Crippen molar-refractivity contribution in [2.24, 2.45) is 0 Å². The Morgan fingerprint density at radius 3 is 2.65 bits per heavy atom. The second-order valence-corrected chi connectivity index (χ2v) is 10.7. The van der Waals surface area contributed by atoms with Gasteiger partial charge in [0.15, 0.2) is 0 Å². The summed E-state index contributed by atoms with van der Waals surface area (Å²) in [6.07, 6.45) is 2.76. The molecule has 3 rings (SSSR count). The Kier molecular flexibility index (Phi) is 7.30. The lowest BCUT2D eigenvalue weighted by Crippen LogP contribution is -2.35. The first kappa shape index (κ1) is 23.6. The van der Waals surface area contributed by atoms with Gasteiger partial charge in [0.1, 0.15) is 6.54 Å². The number of sulfonamides is 1. The van der Waals surface area contributed by atoms with E-state index < -0.39 is 27.1 Å². The highest BCUT2D eigenvalue weighted by atomic mass is 35.5. The van der Waals surface area contributed by atoms with E-state index in [1.165, 1.54) is 34.5 Å². The SMILES string of the molecule is COC(=O)C=C1SC(C)C(=O)N1CC(=O)Nc1cc(S(=O)(=O)N2CCCC2)ccc1Cl. The zero-order valence-corrected chi connectivity index (χ0v) is 19.3. The van der Waals surface area contributed by atoms with Gasteiger partial charge in [0.2, 0.25) is 21.8 Å². The van der Waals surface area contributed by atoms with E-state index in [2.05, 4.69) is 10.1 Å². The van der Waals surface area contributed by atoms with Crippen LogP contribution in [0.3, 0.4) is 0 Å². The molecule has 2 fully saturated rings. The van der Waals surface area contributed by atoms with Crippen molar-refractivity contribution in [2.75, 3.05) is 32.1 Å². The molecule has 9 nitrogen and oxygen atoms in total. The van der Waals surface area contributed by atoms with Crippen molar-refractivity contribution in [2.45, 2.75) is 29.9 Å². The van der Waals surface area contributed by atoms with Crippen molar-refractivity contribution >= 4 is 56.9 Å². The minimum absolute atomic E-state index is 0.0294. The molecule has 0 bridgehead atoms. The van der Waals surface area contributed by atoms with Gasteiger partial charge in [0.25, 0.3) is 0 Å². The zero-order chi connectivity index (χ0) is 22.8. The largest absolute Gasteiger partial charge is 0.466 e. The smallest absolute Gasteiger partial charge is 0.333 e. The molecule has 168 valence electrons. The van der Waals surface area contributed by atoms with Crippen LogP contribution in [0.1, 0.15) is 19.8 Å². The van der Waals surface area contributed by atoms with Crippen LogP contribution in [0.15, 0.2) is 34.2 Å². The van der Waals surface area contributed by atoms with E-state index in [0.717, 1.165) is 30.7 Å². The Morgan fingerprint density at radius 2 is 2.00 bits per heavy atom. The molecule has 1 aromatic rings. The summed E-state index contributed by atoms with van der Waals surface area (Å²) in [6, 6.07) is 4.11. The molecular weight excluding hydrogens is 466 g/mol. The van der Waals surface area contributed by atoms with Crippen LogP contribution in [0.2, 0.25) is 5.02 Å². The van der Waals surface area contributed by atoms with Crippen LogP contribution in [-0.2, 0) is 29.1 Å². The van der Waals surface area contributed by atoms with Gasteiger partial charge in [0, 0.05) is 13.1 Å². The molecule has 1 N–H and O–H groups in total. The topological polar surface area (TPSA) is 113 Å². The number of nitrogens with zero attached hydrogens (tertiary/aromatic N) is 2. The number of ether oxygens (including phenoxy) is 1. The summed E-state index contributed by atoms with van der Waals surface area (Å²) >= 11 is 7.30. The number of rotatable bonds is 6. The maximum absolute atomic E-state index is 12.8. The molecule has 1 aromatic carbocycles. The minimum atomic E-state index is -3.68. The third-order valence-electron chi connectivity index (χ3n) is 4.84. The second kappa shape index (κ2) is 9.60. The van der Waals surface area contributed by atoms with Gasteiger partial charge in [-0.05, 0) is 38.0 Å². The van der Waals surface area contributed by atoms with E-state index in [1.54, 1.807) is 6.92 Å². The number of anilines is 1. The van der Waals surface area contributed by atoms with Crippen LogP contribution in [0.4, 0.5) is 5.69 Å². The molecule has 0 saturated carbocycles. The second-order valence-electron chi connectivity index (χ2n) is 6.99. The number of benzene rings is 1. The summed E-state index contributed by atoms with van der Waals surface area (Å²) in [6.45, 7) is 2.21. The number of esters is 1. The molecule has 0 aliphatic carbocycles. The summed E-state index contributed by atoms with van der Waals surface area (Å²) < 4.78 is 31.5. The molecule has 0 radical (unpaired) electrons. The number of carbonyl (C=O) groups is 3. The summed E-state index contributed by atoms with van der Waals surface area (Å²) in [5, 5.41) is 2.57.